The first kappa shape index (κ1) is 11.6. The van der Waals surface area contributed by atoms with Crippen molar-refractivity contribution in [2.45, 2.75) is 32.2 Å². The number of nitrogens with one attached hydrogen (secondary N) is 1. The molecule has 3 N–H and O–H groups in total. The average Bonchev–Trinajstić information content (AvgIpc) is 3.12. The largest absolute Gasteiger partial charge is 0.330 e. The highest BCUT2D eigenvalue weighted by atomic mass is 14.9. The van der Waals surface area contributed by atoms with Crippen molar-refractivity contribution >= 4 is 0 Å². The molecule has 1 saturated carbocycles. The number of hydrogen-bond donors (Lipinski definition) is 2. The van der Waals surface area contributed by atoms with Gasteiger partial charge in [-0.3, -0.25) is 0 Å². The van der Waals surface area contributed by atoms with Gasteiger partial charge >= 0.3 is 0 Å². The highest BCUT2D eigenvalue weighted by Gasteiger charge is 2.48. The zero-order valence-electron chi connectivity index (χ0n) is 10.3. The van der Waals surface area contributed by atoms with Crippen molar-refractivity contribution in [1.29, 1.82) is 0 Å². The van der Waals surface area contributed by atoms with Crippen LogP contribution in [0.15, 0.2) is 24.3 Å². The predicted octanol–water partition coefficient (Wildman–Crippen LogP) is 2.25. The maximum atomic E-state index is 5.90. The lowest BCUT2D eigenvalue weighted by Crippen LogP contribution is -2.32. The average molecular weight is 218 g/mol. The summed E-state index contributed by atoms with van der Waals surface area (Å²) in [7, 11) is 2.04. The molecule has 1 atom stereocenters. The molecule has 2 nitrogen and oxygen atoms in total. The van der Waals surface area contributed by atoms with Crippen molar-refractivity contribution in [1.82, 2.24) is 5.32 Å². The molecule has 0 saturated heterocycles. The van der Waals surface area contributed by atoms with Crippen molar-refractivity contribution < 1.29 is 0 Å². The standard InChI is InChI=1S/C14H22N2/c1-3-11-4-6-12(7-5-11)13(16-2)14(10-15)8-9-14/h4-7,13,16H,3,8-10,15H2,1-2H3. The van der Waals surface area contributed by atoms with Crippen LogP contribution in [0.4, 0.5) is 0 Å². The van der Waals surface area contributed by atoms with Gasteiger partial charge in [0.05, 0.1) is 0 Å². The van der Waals surface area contributed by atoms with E-state index in [2.05, 4.69) is 36.5 Å². The molecule has 0 bridgehead atoms. The van der Waals surface area contributed by atoms with Crippen molar-refractivity contribution in [3.05, 3.63) is 35.4 Å². The summed E-state index contributed by atoms with van der Waals surface area (Å²) in [5.41, 5.74) is 9.00. The fourth-order valence-corrected chi connectivity index (χ4v) is 2.54. The molecule has 1 aromatic rings. The molecule has 1 aromatic carbocycles. The molecule has 1 aliphatic rings. The molecule has 88 valence electrons. The number of aryl methyl sites for hydroxylation is 1. The van der Waals surface area contributed by atoms with E-state index in [1.165, 1.54) is 24.0 Å². The molecule has 16 heavy (non-hydrogen) atoms. The van der Waals surface area contributed by atoms with E-state index in [-0.39, 0.29) is 0 Å². The van der Waals surface area contributed by atoms with Gasteiger partial charge in [0.15, 0.2) is 0 Å². The maximum absolute atomic E-state index is 5.90. The van der Waals surface area contributed by atoms with Crippen LogP contribution in [0.25, 0.3) is 0 Å². The molecule has 0 aromatic heterocycles. The van der Waals surface area contributed by atoms with Crippen LogP contribution in [0, 0.1) is 5.41 Å². The van der Waals surface area contributed by atoms with Crippen molar-refractivity contribution in [2.75, 3.05) is 13.6 Å². The van der Waals surface area contributed by atoms with E-state index < -0.39 is 0 Å². The van der Waals surface area contributed by atoms with Gasteiger partial charge in [0.2, 0.25) is 0 Å². The van der Waals surface area contributed by atoms with Gasteiger partial charge in [-0.2, -0.15) is 0 Å². The number of hydrogen-bond acceptors (Lipinski definition) is 2. The van der Waals surface area contributed by atoms with E-state index in [0.717, 1.165) is 13.0 Å². The van der Waals surface area contributed by atoms with Crippen LogP contribution in [0.2, 0.25) is 0 Å². The van der Waals surface area contributed by atoms with Gasteiger partial charge in [-0.1, -0.05) is 31.2 Å². The Morgan fingerprint density at radius 3 is 2.31 bits per heavy atom. The summed E-state index contributed by atoms with van der Waals surface area (Å²) in [6, 6.07) is 9.37. The molecule has 0 amide bonds. The number of benzene rings is 1. The normalized spacial score (nSPS) is 19.4. The lowest BCUT2D eigenvalue weighted by atomic mass is 9.89. The van der Waals surface area contributed by atoms with Crippen molar-refractivity contribution in [2.24, 2.45) is 11.1 Å². The van der Waals surface area contributed by atoms with Gasteiger partial charge in [0, 0.05) is 11.5 Å². The molecular formula is C14H22N2. The highest BCUT2D eigenvalue weighted by molar-refractivity contribution is 5.28. The maximum Gasteiger partial charge on any atom is 0.0386 e. The van der Waals surface area contributed by atoms with Crippen LogP contribution in [-0.4, -0.2) is 13.6 Å². The summed E-state index contributed by atoms with van der Waals surface area (Å²) < 4.78 is 0. The molecule has 1 fully saturated rings. The fraction of sp³-hybridized carbons (Fsp3) is 0.571. The van der Waals surface area contributed by atoms with E-state index in [9.17, 15) is 0 Å². The summed E-state index contributed by atoms with van der Waals surface area (Å²) in [6.07, 6.45) is 3.61. The SMILES string of the molecule is CCc1ccc(C(NC)C2(CN)CC2)cc1. The van der Waals surface area contributed by atoms with Crippen LogP contribution in [0.5, 0.6) is 0 Å². The van der Waals surface area contributed by atoms with Crippen molar-refractivity contribution in [3.63, 3.8) is 0 Å². The van der Waals surface area contributed by atoms with Gasteiger partial charge in [-0.15, -0.1) is 0 Å². The molecule has 0 heterocycles. The molecule has 0 spiro atoms. The van der Waals surface area contributed by atoms with E-state index >= 15 is 0 Å². The Morgan fingerprint density at radius 1 is 1.31 bits per heavy atom. The Bertz CT molecular complexity index is 338. The van der Waals surface area contributed by atoms with Crippen LogP contribution in [-0.2, 0) is 6.42 Å². The second-order valence-corrected chi connectivity index (χ2v) is 4.88. The lowest BCUT2D eigenvalue weighted by Gasteiger charge is -2.26. The molecule has 1 unspecified atom stereocenters. The number of rotatable bonds is 5. The molecule has 2 heteroatoms. The van der Waals surface area contributed by atoms with Crippen molar-refractivity contribution in [3.8, 4) is 0 Å². The zero-order valence-corrected chi connectivity index (χ0v) is 10.3. The first-order valence-corrected chi connectivity index (χ1v) is 6.22. The molecule has 0 radical (unpaired) electrons. The van der Waals surface area contributed by atoms with Crippen LogP contribution in [0.1, 0.15) is 36.9 Å². The minimum absolute atomic E-state index is 0.322. The van der Waals surface area contributed by atoms with Gasteiger partial charge in [-0.25, -0.2) is 0 Å². The third-order valence-corrected chi connectivity index (χ3v) is 3.92. The van der Waals surface area contributed by atoms with E-state index in [1.54, 1.807) is 0 Å². The smallest absolute Gasteiger partial charge is 0.0386 e. The Morgan fingerprint density at radius 2 is 1.94 bits per heavy atom. The summed E-state index contributed by atoms with van der Waals surface area (Å²) in [5.74, 6) is 0. The minimum Gasteiger partial charge on any atom is -0.330 e. The molecule has 1 aliphatic carbocycles. The van der Waals surface area contributed by atoms with Crippen LogP contribution >= 0.6 is 0 Å². The van der Waals surface area contributed by atoms with E-state index in [4.69, 9.17) is 5.73 Å². The monoisotopic (exact) mass is 218 g/mol. The van der Waals surface area contributed by atoms with Crippen LogP contribution < -0.4 is 11.1 Å². The lowest BCUT2D eigenvalue weighted by molar-refractivity contribution is 0.366. The minimum atomic E-state index is 0.322. The summed E-state index contributed by atoms with van der Waals surface area (Å²) >= 11 is 0. The molecule has 0 aliphatic heterocycles. The Hall–Kier alpha value is -0.860. The van der Waals surface area contributed by atoms with Gasteiger partial charge in [-0.05, 0) is 44.0 Å². The Labute approximate surface area is 98.2 Å². The second-order valence-electron chi connectivity index (χ2n) is 4.88. The van der Waals surface area contributed by atoms with E-state index in [0.29, 0.717) is 11.5 Å². The summed E-state index contributed by atoms with van der Waals surface area (Å²) in [5, 5.41) is 3.43. The van der Waals surface area contributed by atoms with E-state index in [1.807, 2.05) is 7.05 Å². The van der Waals surface area contributed by atoms with Gasteiger partial charge in [0.25, 0.3) is 0 Å². The third kappa shape index (κ3) is 2.00. The zero-order chi connectivity index (χ0) is 11.6. The second kappa shape index (κ2) is 4.56. The van der Waals surface area contributed by atoms with Crippen LogP contribution in [0.3, 0.4) is 0 Å². The Balaban J connectivity index is 2.20. The van der Waals surface area contributed by atoms with Gasteiger partial charge < -0.3 is 11.1 Å². The quantitative estimate of drug-likeness (QED) is 0.795. The molecule has 2 rings (SSSR count). The predicted molar refractivity (Wildman–Crippen MR) is 68.3 cm³/mol. The third-order valence-electron chi connectivity index (χ3n) is 3.92. The first-order valence-electron chi connectivity index (χ1n) is 6.22. The first-order chi connectivity index (χ1) is 7.75. The number of nitrogens with two attached hydrogens (primary N) is 1. The Kier molecular flexibility index (Phi) is 3.31. The fourth-order valence-electron chi connectivity index (χ4n) is 2.54. The topological polar surface area (TPSA) is 38.0 Å². The summed E-state index contributed by atoms with van der Waals surface area (Å²) in [6.45, 7) is 2.97. The summed E-state index contributed by atoms with van der Waals surface area (Å²) in [4.78, 5) is 0. The highest BCUT2D eigenvalue weighted by Crippen LogP contribution is 2.53. The van der Waals surface area contributed by atoms with Gasteiger partial charge in [0.1, 0.15) is 0 Å². The molecular weight excluding hydrogens is 196 g/mol.